The fourth-order valence-corrected chi connectivity index (χ4v) is 5.06. The molecule has 150 valence electrons. The molecule has 2 saturated carbocycles. The fourth-order valence-electron chi connectivity index (χ4n) is 5.06. The minimum absolute atomic E-state index is 0.0743. The summed E-state index contributed by atoms with van der Waals surface area (Å²) < 4.78 is 31.2. The van der Waals surface area contributed by atoms with E-state index in [-0.39, 0.29) is 11.7 Å². The van der Waals surface area contributed by atoms with Crippen LogP contribution in [0.25, 0.3) is 0 Å². The van der Waals surface area contributed by atoms with E-state index in [1.165, 1.54) is 63.9 Å². The number of carbonyl (C=O) groups excluding carboxylic acids is 1. The molecule has 0 spiro atoms. The Labute approximate surface area is 161 Å². The Morgan fingerprint density at radius 3 is 2.07 bits per heavy atom. The lowest BCUT2D eigenvalue weighted by molar-refractivity contribution is -0.134. The monoisotopic (exact) mass is 378 g/mol. The van der Waals surface area contributed by atoms with Gasteiger partial charge in [-0.1, -0.05) is 39.0 Å². The van der Waals surface area contributed by atoms with E-state index in [1.54, 1.807) is 0 Å². The van der Waals surface area contributed by atoms with Crippen molar-refractivity contribution in [3.05, 3.63) is 29.8 Å². The van der Waals surface area contributed by atoms with Gasteiger partial charge in [0.2, 0.25) is 0 Å². The maximum Gasteiger partial charge on any atom is 0.311 e. The Balaban J connectivity index is 1.35. The van der Waals surface area contributed by atoms with Crippen LogP contribution in [0.5, 0.6) is 5.75 Å². The summed E-state index contributed by atoms with van der Waals surface area (Å²) >= 11 is 0. The second-order valence-corrected chi connectivity index (χ2v) is 8.56. The van der Waals surface area contributed by atoms with Crippen LogP contribution in [0.2, 0.25) is 0 Å². The van der Waals surface area contributed by atoms with Crippen LogP contribution in [0.4, 0.5) is 8.78 Å². The highest BCUT2D eigenvalue weighted by molar-refractivity contribution is 5.72. The van der Waals surface area contributed by atoms with E-state index in [9.17, 15) is 13.6 Å². The molecule has 0 atom stereocenters. The number of rotatable bonds is 6. The molecule has 4 heteroatoms. The van der Waals surface area contributed by atoms with Crippen LogP contribution in [-0.2, 0) is 4.79 Å². The Morgan fingerprint density at radius 2 is 1.52 bits per heavy atom. The standard InChI is InChI=1S/C23H32F2O2/c1-2-16-3-8-18(9-4-16)19-10-5-17(6-11-19)7-14-23(26)27-20-12-13-21(24)22(25)15-20/h12-13,15-19H,2-11,14H2,1H3. The van der Waals surface area contributed by atoms with E-state index >= 15 is 0 Å². The van der Waals surface area contributed by atoms with Crippen molar-refractivity contribution >= 4 is 5.97 Å². The summed E-state index contributed by atoms with van der Waals surface area (Å²) in [6.07, 6.45) is 13.2. The summed E-state index contributed by atoms with van der Waals surface area (Å²) in [6.45, 7) is 2.31. The van der Waals surface area contributed by atoms with Crippen LogP contribution >= 0.6 is 0 Å². The van der Waals surface area contributed by atoms with Gasteiger partial charge in [0.15, 0.2) is 11.6 Å². The van der Waals surface area contributed by atoms with Crippen LogP contribution in [0, 0.1) is 35.3 Å². The molecule has 0 bridgehead atoms. The summed E-state index contributed by atoms with van der Waals surface area (Å²) in [5.41, 5.74) is 0. The van der Waals surface area contributed by atoms with Crippen molar-refractivity contribution in [2.45, 2.75) is 77.6 Å². The molecule has 2 aliphatic rings. The SMILES string of the molecule is CCC1CCC(C2CCC(CCC(=O)Oc3ccc(F)c(F)c3)CC2)CC1. The molecule has 1 aromatic carbocycles. The highest BCUT2D eigenvalue weighted by atomic mass is 19.2. The van der Waals surface area contributed by atoms with E-state index < -0.39 is 11.6 Å². The lowest BCUT2D eigenvalue weighted by atomic mass is 9.68. The molecule has 0 radical (unpaired) electrons. The van der Waals surface area contributed by atoms with Crippen molar-refractivity contribution in [2.75, 3.05) is 0 Å². The zero-order chi connectivity index (χ0) is 19.2. The van der Waals surface area contributed by atoms with Crippen LogP contribution in [0.1, 0.15) is 77.6 Å². The van der Waals surface area contributed by atoms with E-state index in [0.717, 1.165) is 36.3 Å². The summed E-state index contributed by atoms with van der Waals surface area (Å²) in [5.74, 6) is 1.14. The van der Waals surface area contributed by atoms with Gasteiger partial charge in [-0.3, -0.25) is 4.79 Å². The summed E-state index contributed by atoms with van der Waals surface area (Å²) in [7, 11) is 0. The highest BCUT2D eigenvalue weighted by Gasteiger charge is 2.30. The molecule has 0 heterocycles. The predicted octanol–water partition coefficient (Wildman–Crippen LogP) is 6.67. The van der Waals surface area contributed by atoms with Crippen molar-refractivity contribution < 1.29 is 18.3 Å². The molecule has 0 N–H and O–H groups in total. The molecule has 3 rings (SSSR count). The van der Waals surface area contributed by atoms with Gasteiger partial charge in [-0.05, 0) is 67.9 Å². The Morgan fingerprint density at radius 1 is 0.926 bits per heavy atom. The van der Waals surface area contributed by atoms with Gasteiger partial charge in [-0.25, -0.2) is 8.78 Å². The average Bonchev–Trinajstić information content (AvgIpc) is 2.70. The number of hydrogen-bond acceptors (Lipinski definition) is 2. The maximum absolute atomic E-state index is 13.2. The van der Waals surface area contributed by atoms with Gasteiger partial charge in [-0.2, -0.15) is 0 Å². The first kappa shape index (κ1) is 20.3. The van der Waals surface area contributed by atoms with Crippen molar-refractivity contribution in [1.29, 1.82) is 0 Å². The molecule has 0 amide bonds. The van der Waals surface area contributed by atoms with Gasteiger partial charge in [0.1, 0.15) is 5.75 Å². The van der Waals surface area contributed by atoms with E-state index in [2.05, 4.69) is 6.92 Å². The van der Waals surface area contributed by atoms with Crippen molar-refractivity contribution in [3.8, 4) is 5.75 Å². The second kappa shape index (κ2) is 9.66. The molecule has 2 aliphatic carbocycles. The number of hydrogen-bond donors (Lipinski definition) is 0. The first-order chi connectivity index (χ1) is 13.0. The fraction of sp³-hybridized carbons (Fsp3) is 0.696. The van der Waals surface area contributed by atoms with E-state index in [1.807, 2.05) is 0 Å². The molecular weight excluding hydrogens is 346 g/mol. The largest absolute Gasteiger partial charge is 0.426 e. The lowest BCUT2D eigenvalue weighted by Crippen LogP contribution is -2.26. The zero-order valence-corrected chi connectivity index (χ0v) is 16.4. The average molecular weight is 379 g/mol. The second-order valence-electron chi connectivity index (χ2n) is 8.56. The predicted molar refractivity (Wildman–Crippen MR) is 102 cm³/mol. The number of halogens is 2. The van der Waals surface area contributed by atoms with E-state index in [4.69, 9.17) is 4.74 Å². The molecule has 1 aromatic rings. The molecule has 2 fully saturated rings. The number of esters is 1. The third kappa shape index (κ3) is 5.76. The molecule has 2 nitrogen and oxygen atoms in total. The van der Waals surface area contributed by atoms with Crippen molar-refractivity contribution in [3.63, 3.8) is 0 Å². The van der Waals surface area contributed by atoms with Gasteiger partial charge in [0, 0.05) is 12.5 Å². The van der Waals surface area contributed by atoms with E-state index in [0.29, 0.717) is 12.3 Å². The molecule has 0 saturated heterocycles. The van der Waals surface area contributed by atoms with Gasteiger partial charge in [0.05, 0.1) is 0 Å². The summed E-state index contributed by atoms with van der Waals surface area (Å²) in [6, 6.07) is 3.19. The summed E-state index contributed by atoms with van der Waals surface area (Å²) in [4.78, 5) is 12.0. The quantitative estimate of drug-likeness (QED) is 0.408. The first-order valence-corrected chi connectivity index (χ1v) is 10.7. The topological polar surface area (TPSA) is 26.3 Å². The van der Waals surface area contributed by atoms with Gasteiger partial charge < -0.3 is 4.74 Å². The van der Waals surface area contributed by atoms with Gasteiger partial charge >= 0.3 is 5.97 Å². The third-order valence-electron chi connectivity index (χ3n) is 6.91. The molecule has 27 heavy (non-hydrogen) atoms. The Bertz CT molecular complexity index is 615. The minimum Gasteiger partial charge on any atom is -0.426 e. The Hall–Kier alpha value is -1.45. The molecule has 0 aliphatic heterocycles. The number of ether oxygens (including phenoxy) is 1. The van der Waals surface area contributed by atoms with Crippen molar-refractivity contribution in [1.82, 2.24) is 0 Å². The molecule has 0 unspecified atom stereocenters. The first-order valence-electron chi connectivity index (χ1n) is 10.7. The van der Waals surface area contributed by atoms with Gasteiger partial charge in [-0.15, -0.1) is 0 Å². The van der Waals surface area contributed by atoms with Crippen LogP contribution in [-0.4, -0.2) is 5.97 Å². The van der Waals surface area contributed by atoms with Crippen molar-refractivity contribution in [2.24, 2.45) is 23.7 Å². The Kier molecular flexibility index (Phi) is 7.26. The highest BCUT2D eigenvalue weighted by Crippen LogP contribution is 2.42. The molecular formula is C23H32F2O2. The van der Waals surface area contributed by atoms with Crippen LogP contribution in [0.3, 0.4) is 0 Å². The third-order valence-corrected chi connectivity index (χ3v) is 6.91. The number of carbonyl (C=O) groups is 1. The number of benzene rings is 1. The van der Waals surface area contributed by atoms with Crippen LogP contribution < -0.4 is 4.74 Å². The lowest BCUT2D eigenvalue weighted by Gasteiger charge is -2.37. The zero-order valence-electron chi connectivity index (χ0n) is 16.4. The summed E-state index contributed by atoms with van der Waals surface area (Å²) in [5, 5.41) is 0. The molecule has 0 aromatic heterocycles. The maximum atomic E-state index is 13.2. The van der Waals surface area contributed by atoms with Crippen LogP contribution in [0.15, 0.2) is 18.2 Å². The smallest absolute Gasteiger partial charge is 0.311 e. The normalized spacial score (nSPS) is 28.7. The van der Waals surface area contributed by atoms with Gasteiger partial charge in [0.25, 0.3) is 0 Å². The minimum atomic E-state index is -0.994.